The number of nitrogens with zero attached hydrogens (tertiary/aromatic N) is 1. The van der Waals surface area contributed by atoms with E-state index in [-0.39, 0.29) is 0 Å². The van der Waals surface area contributed by atoms with Crippen molar-refractivity contribution in [3.8, 4) is 55.8 Å². The van der Waals surface area contributed by atoms with E-state index in [0.29, 0.717) is 0 Å². The SMILES string of the molecule is c1ccc(-c2ccc(N(c3ccc(-c4ccc(-c5cccc(-c6oc7ccccc7c6-c6ccccc6)c5)cc4)cc3)c3cc4ccccc4c4ccccc34)cc2)cc1. The summed E-state index contributed by atoms with van der Waals surface area (Å²) in [5.41, 5.74) is 14.6. The van der Waals surface area contributed by atoms with E-state index >= 15 is 0 Å². The number of anilines is 3. The summed E-state index contributed by atoms with van der Waals surface area (Å²) in [7, 11) is 0. The molecule has 0 saturated heterocycles. The van der Waals surface area contributed by atoms with Crippen LogP contribution in [0.5, 0.6) is 0 Å². The van der Waals surface area contributed by atoms with E-state index in [1.165, 1.54) is 38.2 Å². The van der Waals surface area contributed by atoms with Crippen LogP contribution in [-0.4, -0.2) is 0 Å². The molecule has 282 valence electrons. The Bertz CT molecular complexity index is 3270. The maximum Gasteiger partial charge on any atom is 0.143 e. The van der Waals surface area contributed by atoms with E-state index in [9.17, 15) is 0 Å². The maximum atomic E-state index is 6.55. The third-order valence-corrected chi connectivity index (χ3v) is 11.7. The first kappa shape index (κ1) is 35.2. The van der Waals surface area contributed by atoms with Crippen LogP contribution in [0.2, 0.25) is 0 Å². The summed E-state index contributed by atoms with van der Waals surface area (Å²) in [4.78, 5) is 2.40. The number of hydrogen-bond donors (Lipinski definition) is 0. The van der Waals surface area contributed by atoms with Gasteiger partial charge in [-0.25, -0.2) is 0 Å². The van der Waals surface area contributed by atoms with Gasteiger partial charge in [0.25, 0.3) is 0 Å². The molecule has 0 saturated carbocycles. The number of rotatable bonds is 8. The number of para-hydroxylation sites is 1. The predicted molar refractivity (Wildman–Crippen MR) is 253 cm³/mol. The quantitative estimate of drug-likeness (QED) is 0.143. The second kappa shape index (κ2) is 15.1. The Labute approximate surface area is 349 Å². The molecule has 11 rings (SSSR count). The zero-order valence-corrected chi connectivity index (χ0v) is 32.9. The first-order valence-electron chi connectivity index (χ1n) is 20.5. The van der Waals surface area contributed by atoms with Crippen molar-refractivity contribution in [2.75, 3.05) is 4.90 Å². The van der Waals surface area contributed by atoms with E-state index in [2.05, 4.69) is 229 Å². The van der Waals surface area contributed by atoms with Gasteiger partial charge in [-0.05, 0) is 97.6 Å². The summed E-state index contributed by atoms with van der Waals surface area (Å²) in [6.45, 7) is 0. The molecule has 0 atom stereocenters. The van der Waals surface area contributed by atoms with E-state index < -0.39 is 0 Å². The van der Waals surface area contributed by atoms with Crippen molar-refractivity contribution in [2.24, 2.45) is 0 Å². The average Bonchev–Trinajstić information content (AvgIpc) is 3.73. The van der Waals surface area contributed by atoms with Crippen molar-refractivity contribution in [3.63, 3.8) is 0 Å². The van der Waals surface area contributed by atoms with Crippen molar-refractivity contribution >= 4 is 49.6 Å². The van der Waals surface area contributed by atoms with E-state index in [1.807, 2.05) is 12.1 Å². The molecule has 11 aromatic rings. The summed E-state index contributed by atoms with van der Waals surface area (Å²) in [6, 6.07) is 84.7. The van der Waals surface area contributed by atoms with E-state index in [1.54, 1.807) is 0 Å². The first-order valence-corrected chi connectivity index (χ1v) is 20.5. The Morgan fingerprint density at radius 3 is 1.38 bits per heavy atom. The summed E-state index contributed by atoms with van der Waals surface area (Å²) in [6.07, 6.45) is 0. The summed E-state index contributed by atoms with van der Waals surface area (Å²) >= 11 is 0. The standard InChI is InChI=1S/C58H39NO/c1-3-14-40(15-4-1)42-30-34-49(35-31-42)59(55-39-47-18-7-8-21-51(47)52-22-9-10-23-53(52)55)50-36-32-43(33-37-50)41-26-28-44(29-27-41)46-19-13-20-48(38-46)58-57(45-16-5-2-6-17-45)54-24-11-12-25-56(54)60-58/h1-39H. The topological polar surface area (TPSA) is 16.4 Å². The van der Waals surface area contributed by atoms with Crippen LogP contribution in [0.4, 0.5) is 17.1 Å². The van der Waals surface area contributed by atoms with Crippen molar-refractivity contribution in [1.82, 2.24) is 0 Å². The largest absolute Gasteiger partial charge is 0.455 e. The van der Waals surface area contributed by atoms with Gasteiger partial charge in [-0.2, -0.15) is 0 Å². The van der Waals surface area contributed by atoms with Crippen LogP contribution in [0.25, 0.3) is 88.3 Å². The summed E-state index contributed by atoms with van der Waals surface area (Å²) in [5, 5.41) is 6.05. The zero-order chi connectivity index (χ0) is 39.8. The molecule has 0 fully saturated rings. The van der Waals surface area contributed by atoms with Gasteiger partial charge in [0.05, 0.1) is 5.69 Å². The molecule has 1 heterocycles. The van der Waals surface area contributed by atoms with Gasteiger partial charge in [0.2, 0.25) is 0 Å². The average molecular weight is 766 g/mol. The normalized spacial score (nSPS) is 11.3. The number of furan rings is 1. The van der Waals surface area contributed by atoms with Gasteiger partial charge < -0.3 is 9.32 Å². The molecule has 0 amide bonds. The molecule has 2 nitrogen and oxygen atoms in total. The highest BCUT2D eigenvalue weighted by atomic mass is 16.3. The zero-order valence-electron chi connectivity index (χ0n) is 32.9. The fraction of sp³-hybridized carbons (Fsp3) is 0. The minimum atomic E-state index is 0.888. The molecular formula is C58H39NO. The highest BCUT2D eigenvalue weighted by Gasteiger charge is 2.20. The number of fused-ring (bicyclic) bond motifs is 4. The summed E-state index contributed by atoms with van der Waals surface area (Å²) in [5.74, 6) is 0.888. The Morgan fingerprint density at radius 2 is 0.733 bits per heavy atom. The first-order chi connectivity index (χ1) is 29.7. The molecule has 0 bridgehead atoms. The highest BCUT2D eigenvalue weighted by Crippen LogP contribution is 2.44. The molecule has 0 aliphatic heterocycles. The molecule has 0 aliphatic rings. The van der Waals surface area contributed by atoms with Gasteiger partial charge in [0.1, 0.15) is 11.3 Å². The van der Waals surface area contributed by atoms with Gasteiger partial charge in [-0.15, -0.1) is 0 Å². The molecule has 2 heteroatoms. The lowest BCUT2D eigenvalue weighted by molar-refractivity contribution is 0.632. The molecule has 0 radical (unpaired) electrons. The summed E-state index contributed by atoms with van der Waals surface area (Å²) < 4.78 is 6.55. The number of hydrogen-bond acceptors (Lipinski definition) is 2. The smallest absolute Gasteiger partial charge is 0.143 e. The lowest BCUT2D eigenvalue weighted by Gasteiger charge is -2.28. The molecule has 0 spiro atoms. The van der Waals surface area contributed by atoms with Crippen LogP contribution in [0.15, 0.2) is 241 Å². The second-order valence-corrected chi connectivity index (χ2v) is 15.3. The highest BCUT2D eigenvalue weighted by molar-refractivity contribution is 6.14. The van der Waals surface area contributed by atoms with Crippen molar-refractivity contribution in [3.05, 3.63) is 237 Å². The van der Waals surface area contributed by atoms with Crippen LogP contribution in [0.3, 0.4) is 0 Å². The Morgan fingerprint density at radius 1 is 0.283 bits per heavy atom. The van der Waals surface area contributed by atoms with Crippen molar-refractivity contribution in [2.45, 2.75) is 0 Å². The lowest BCUT2D eigenvalue weighted by Crippen LogP contribution is -2.10. The van der Waals surface area contributed by atoms with Crippen LogP contribution in [0.1, 0.15) is 0 Å². The molecular weight excluding hydrogens is 727 g/mol. The van der Waals surface area contributed by atoms with Gasteiger partial charge in [0, 0.05) is 33.3 Å². The fourth-order valence-electron chi connectivity index (χ4n) is 8.72. The second-order valence-electron chi connectivity index (χ2n) is 15.3. The van der Waals surface area contributed by atoms with Crippen LogP contribution in [-0.2, 0) is 0 Å². The van der Waals surface area contributed by atoms with Gasteiger partial charge in [-0.1, -0.05) is 194 Å². The van der Waals surface area contributed by atoms with Crippen LogP contribution in [0, 0.1) is 0 Å². The minimum Gasteiger partial charge on any atom is -0.455 e. The van der Waals surface area contributed by atoms with Crippen LogP contribution < -0.4 is 4.90 Å². The van der Waals surface area contributed by atoms with Gasteiger partial charge >= 0.3 is 0 Å². The third-order valence-electron chi connectivity index (χ3n) is 11.7. The molecule has 60 heavy (non-hydrogen) atoms. The predicted octanol–water partition coefficient (Wildman–Crippen LogP) is 16.5. The Hall–Kier alpha value is -7.94. The monoisotopic (exact) mass is 765 g/mol. The van der Waals surface area contributed by atoms with Crippen LogP contribution >= 0.6 is 0 Å². The maximum absolute atomic E-state index is 6.55. The van der Waals surface area contributed by atoms with E-state index in [0.717, 1.165) is 67.2 Å². The van der Waals surface area contributed by atoms with Gasteiger partial charge in [-0.3, -0.25) is 0 Å². The van der Waals surface area contributed by atoms with Crippen molar-refractivity contribution < 1.29 is 4.42 Å². The molecule has 0 aliphatic carbocycles. The molecule has 0 unspecified atom stereocenters. The minimum absolute atomic E-state index is 0.888. The van der Waals surface area contributed by atoms with Gasteiger partial charge in [0.15, 0.2) is 0 Å². The Balaban J connectivity index is 0.940. The Kier molecular flexibility index (Phi) is 8.87. The van der Waals surface area contributed by atoms with Crippen molar-refractivity contribution in [1.29, 1.82) is 0 Å². The number of benzene rings is 10. The fourth-order valence-corrected chi connectivity index (χ4v) is 8.72. The molecule has 10 aromatic carbocycles. The lowest BCUT2D eigenvalue weighted by atomic mass is 9.95. The third kappa shape index (κ3) is 6.41. The molecule has 1 aromatic heterocycles. The molecule has 0 N–H and O–H groups in total. The van der Waals surface area contributed by atoms with E-state index in [4.69, 9.17) is 4.42 Å².